The van der Waals surface area contributed by atoms with E-state index < -0.39 is 10.0 Å². The molecule has 0 radical (unpaired) electrons. The number of hydrogen-bond donors (Lipinski definition) is 1. The van der Waals surface area contributed by atoms with E-state index in [0.717, 1.165) is 36.4 Å². The quantitative estimate of drug-likeness (QED) is 0.890. The summed E-state index contributed by atoms with van der Waals surface area (Å²) in [4.78, 5) is 4.40. The summed E-state index contributed by atoms with van der Waals surface area (Å²) in [5.41, 5.74) is 1.10. The molecule has 0 aliphatic carbocycles. The minimum absolute atomic E-state index is 0.238. The number of hydrogen-bond acceptors (Lipinski definition) is 5. The molecule has 7 heteroatoms. The molecule has 0 aliphatic rings. The van der Waals surface area contributed by atoms with Crippen LogP contribution >= 0.6 is 11.5 Å². The van der Waals surface area contributed by atoms with Crippen molar-refractivity contribution in [1.82, 2.24) is 9.36 Å². The van der Waals surface area contributed by atoms with Crippen LogP contribution in [-0.2, 0) is 22.9 Å². The monoisotopic (exact) mass is 311 g/mol. The Morgan fingerprint density at radius 1 is 1.20 bits per heavy atom. The summed E-state index contributed by atoms with van der Waals surface area (Å²) < 4.78 is 31.0. The highest BCUT2D eigenvalue weighted by molar-refractivity contribution is 7.93. The first-order valence-electron chi connectivity index (χ1n) is 6.49. The van der Waals surface area contributed by atoms with E-state index in [-0.39, 0.29) is 4.90 Å². The van der Waals surface area contributed by atoms with Crippen LogP contribution in [0.2, 0.25) is 0 Å². The standard InChI is InChI=1S/C13H17N3O2S2/c1-3-5-12-14-13(19-15-12)16-20(17,18)11-8-6-10(4-2)7-9-11/h6-9H,3-5H2,1-2H3,(H,14,15,16). The fourth-order valence-corrected chi connectivity index (χ4v) is 3.53. The molecule has 0 bridgehead atoms. The van der Waals surface area contributed by atoms with E-state index >= 15 is 0 Å². The number of nitrogens with zero attached hydrogens (tertiary/aromatic N) is 2. The number of aryl methyl sites for hydroxylation is 2. The second-order valence-electron chi connectivity index (χ2n) is 4.37. The fraction of sp³-hybridized carbons (Fsp3) is 0.385. The topological polar surface area (TPSA) is 72.0 Å². The first kappa shape index (κ1) is 14.9. The second-order valence-corrected chi connectivity index (χ2v) is 6.80. The molecule has 0 fully saturated rings. The van der Waals surface area contributed by atoms with Crippen LogP contribution in [0.4, 0.5) is 5.13 Å². The minimum Gasteiger partial charge on any atom is -0.253 e. The maximum Gasteiger partial charge on any atom is 0.263 e. The number of aromatic nitrogens is 2. The van der Waals surface area contributed by atoms with Gasteiger partial charge in [0, 0.05) is 18.0 Å². The molecule has 1 heterocycles. The zero-order chi connectivity index (χ0) is 14.6. The molecule has 0 saturated heterocycles. The van der Waals surface area contributed by atoms with Crippen molar-refractivity contribution in [2.75, 3.05) is 4.72 Å². The Morgan fingerprint density at radius 3 is 2.50 bits per heavy atom. The van der Waals surface area contributed by atoms with E-state index in [1.807, 2.05) is 26.0 Å². The van der Waals surface area contributed by atoms with E-state index in [9.17, 15) is 8.42 Å². The third-order valence-corrected chi connectivity index (χ3v) is 4.96. The predicted octanol–water partition coefficient (Wildman–Crippen LogP) is 2.85. The molecule has 108 valence electrons. The van der Waals surface area contributed by atoms with Crippen LogP contribution in [-0.4, -0.2) is 17.8 Å². The van der Waals surface area contributed by atoms with Crippen molar-refractivity contribution in [3.8, 4) is 0 Å². The Kier molecular flexibility index (Phi) is 4.72. The Hall–Kier alpha value is -1.47. The summed E-state index contributed by atoms with van der Waals surface area (Å²) in [6.45, 7) is 4.05. The molecule has 0 atom stereocenters. The van der Waals surface area contributed by atoms with Crippen LogP contribution < -0.4 is 4.72 Å². The molecule has 20 heavy (non-hydrogen) atoms. The molecule has 2 aromatic rings. The molecule has 2 rings (SSSR count). The van der Waals surface area contributed by atoms with Gasteiger partial charge in [0.15, 0.2) is 0 Å². The number of anilines is 1. The number of nitrogens with one attached hydrogen (secondary N) is 1. The summed E-state index contributed by atoms with van der Waals surface area (Å²) >= 11 is 1.07. The van der Waals surface area contributed by atoms with Crippen LogP contribution in [0.3, 0.4) is 0 Å². The van der Waals surface area contributed by atoms with Crippen LogP contribution in [0, 0.1) is 0 Å². The lowest BCUT2D eigenvalue weighted by atomic mass is 10.2. The van der Waals surface area contributed by atoms with E-state index in [2.05, 4.69) is 14.1 Å². The summed E-state index contributed by atoms with van der Waals surface area (Å²) in [7, 11) is -3.58. The first-order valence-corrected chi connectivity index (χ1v) is 8.75. The highest BCUT2D eigenvalue weighted by Gasteiger charge is 2.16. The van der Waals surface area contributed by atoms with E-state index in [1.54, 1.807) is 12.1 Å². The molecular formula is C13H17N3O2S2. The van der Waals surface area contributed by atoms with Crippen molar-refractivity contribution in [3.63, 3.8) is 0 Å². The number of sulfonamides is 1. The van der Waals surface area contributed by atoms with Crippen LogP contribution in [0.15, 0.2) is 29.2 Å². The van der Waals surface area contributed by atoms with Gasteiger partial charge in [0.1, 0.15) is 5.82 Å². The largest absolute Gasteiger partial charge is 0.263 e. The van der Waals surface area contributed by atoms with Gasteiger partial charge in [0.2, 0.25) is 5.13 Å². The van der Waals surface area contributed by atoms with E-state index in [0.29, 0.717) is 11.0 Å². The van der Waals surface area contributed by atoms with Crippen LogP contribution in [0.1, 0.15) is 31.7 Å². The van der Waals surface area contributed by atoms with Gasteiger partial charge in [-0.3, -0.25) is 4.72 Å². The van der Waals surface area contributed by atoms with Gasteiger partial charge >= 0.3 is 0 Å². The van der Waals surface area contributed by atoms with Crippen molar-refractivity contribution in [2.24, 2.45) is 0 Å². The molecule has 0 aliphatic heterocycles. The maximum absolute atomic E-state index is 12.2. The summed E-state index contributed by atoms with van der Waals surface area (Å²) in [6, 6.07) is 6.85. The lowest BCUT2D eigenvalue weighted by molar-refractivity contribution is 0.601. The van der Waals surface area contributed by atoms with Crippen LogP contribution in [0.25, 0.3) is 0 Å². The normalized spacial score (nSPS) is 11.5. The maximum atomic E-state index is 12.2. The molecular weight excluding hydrogens is 294 g/mol. The van der Waals surface area contributed by atoms with Crippen molar-refractivity contribution in [2.45, 2.75) is 38.0 Å². The molecule has 0 spiro atoms. The van der Waals surface area contributed by atoms with E-state index in [4.69, 9.17) is 0 Å². The van der Waals surface area contributed by atoms with Gasteiger partial charge in [-0.1, -0.05) is 26.0 Å². The Morgan fingerprint density at radius 2 is 1.90 bits per heavy atom. The van der Waals surface area contributed by atoms with Crippen molar-refractivity contribution in [1.29, 1.82) is 0 Å². The van der Waals surface area contributed by atoms with Gasteiger partial charge in [-0.15, -0.1) is 0 Å². The zero-order valence-corrected chi connectivity index (χ0v) is 13.1. The van der Waals surface area contributed by atoms with E-state index in [1.165, 1.54) is 0 Å². The van der Waals surface area contributed by atoms with Gasteiger partial charge in [-0.2, -0.15) is 4.37 Å². The number of benzene rings is 1. The molecule has 1 aromatic carbocycles. The third kappa shape index (κ3) is 3.55. The van der Waals surface area contributed by atoms with Gasteiger partial charge in [0.25, 0.3) is 10.0 Å². The lowest BCUT2D eigenvalue weighted by Gasteiger charge is -2.05. The molecule has 0 unspecified atom stereocenters. The molecule has 0 amide bonds. The molecule has 5 nitrogen and oxygen atoms in total. The SMILES string of the molecule is CCCc1nsc(NS(=O)(=O)c2ccc(CC)cc2)n1. The summed E-state index contributed by atoms with van der Waals surface area (Å²) in [5.74, 6) is 0.677. The Labute approximate surface area is 123 Å². The lowest BCUT2D eigenvalue weighted by Crippen LogP contribution is -2.12. The van der Waals surface area contributed by atoms with Gasteiger partial charge in [0.05, 0.1) is 4.90 Å². The third-order valence-electron chi connectivity index (χ3n) is 2.81. The molecule has 1 N–H and O–H groups in total. The van der Waals surface area contributed by atoms with Crippen LogP contribution in [0.5, 0.6) is 0 Å². The summed E-state index contributed by atoms with van der Waals surface area (Å²) in [6.07, 6.45) is 2.56. The van der Waals surface area contributed by atoms with Gasteiger partial charge < -0.3 is 0 Å². The zero-order valence-electron chi connectivity index (χ0n) is 11.5. The highest BCUT2D eigenvalue weighted by Crippen LogP contribution is 2.18. The number of rotatable bonds is 6. The second kappa shape index (κ2) is 6.32. The highest BCUT2D eigenvalue weighted by atomic mass is 32.2. The Bertz CT molecular complexity index is 663. The average molecular weight is 311 g/mol. The molecule has 1 aromatic heterocycles. The van der Waals surface area contributed by atoms with Crippen molar-refractivity contribution < 1.29 is 8.42 Å². The van der Waals surface area contributed by atoms with Gasteiger partial charge in [-0.05, 0) is 30.5 Å². The van der Waals surface area contributed by atoms with Crippen molar-refractivity contribution in [3.05, 3.63) is 35.7 Å². The fourth-order valence-electron chi connectivity index (χ4n) is 1.70. The minimum atomic E-state index is -3.58. The van der Waals surface area contributed by atoms with Crippen molar-refractivity contribution >= 4 is 26.7 Å². The smallest absolute Gasteiger partial charge is 0.253 e. The molecule has 0 saturated carbocycles. The average Bonchev–Trinajstić information content (AvgIpc) is 2.86. The predicted molar refractivity (Wildman–Crippen MR) is 80.5 cm³/mol. The first-order chi connectivity index (χ1) is 9.55. The Balaban J connectivity index is 2.16. The van der Waals surface area contributed by atoms with Gasteiger partial charge in [-0.25, -0.2) is 13.4 Å². The summed E-state index contributed by atoms with van der Waals surface area (Å²) in [5, 5.41) is 0.313.